The lowest BCUT2D eigenvalue weighted by Gasteiger charge is -2.25. The molecule has 4 rings (SSSR count). The van der Waals surface area contributed by atoms with Crippen LogP contribution in [-0.2, 0) is 9.53 Å². The first-order valence-corrected chi connectivity index (χ1v) is 11.8. The molecule has 0 saturated carbocycles. The van der Waals surface area contributed by atoms with E-state index in [1.807, 2.05) is 24.3 Å². The van der Waals surface area contributed by atoms with E-state index in [1.165, 1.54) is 15.9 Å². The van der Waals surface area contributed by atoms with Crippen LogP contribution in [-0.4, -0.2) is 38.5 Å². The van der Waals surface area contributed by atoms with E-state index in [-0.39, 0.29) is 12.2 Å². The van der Waals surface area contributed by atoms with Crippen molar-refractivity contribution >= 4 is 23.4 Å². The van der Waals surface area contributed by atoms with E-state index < -0.39 is 12.0 Å². The minimum absolute atomic E-state index is 0.204. The molecule has 0 amide bonds. The second-order valence-corrected chi connectivity index (χ2v) is 8.66. The lowest BCUT2D eigenvalue weighted by molar-refractivity contribution is -0.139. The van der Waals surface area contributed by atoms with Crippen molar-refractivity contribution in [2.75, 3.05) is 27.9 Å². The van der Waals surface area contributed by atoms with Crippen LogP contribution in [0.25, 0.3) is 6.08 Å². The fourth-order valence-corrected chi connectivity index (χ4v) is 5.09. The monoisotopic (exact) mass is 494 g/mol. The van der Waals surface area contributed by atoms with E-state index in [9.17, 15) is 9.59 Å². The highest BCUT2D eigenvalue weighted by molar-refractivity contribution is 7.07. The van der Waals surface area contributed by atoms with E-state index in [0.29, 0.717) is 49.0 Å². The van der Waals surface area contributed by atoms with Gasteiger partial charge in [0.05, 0.1) is 43.7 Å². The molecular weight excluding hydrogens is 468 g/mol. The lowest BCUT2D eigenvalue weighted by atomic mass is 9.95. The Morgan fingerprint density at radius 2 is 1.83 bits per heavy atom. The van der Waals surface area contributed by atoms with Crippen molar-refractivity contribution in [3.05, 3.63) is 84.5 Å². The first-order chi connectivity index (χ1) is 16.9. The summed E-state index contributed by atoms with van der Waals surface area (Å²) in [5.41, 5.74) is 1.90. The number of allylic oxidation sites excluding steroid dienone is 1. The number of fused-ring (bicyclic) bond motifs is 1. The number of thiazole rings is 1. The van der Waals surface area contributed by atoms with Crippen LogP contribution in [0.5, 0.6) is 17.2 Å². The lowest BCUT2D eigenvalue weighted by Crippen LogP contribution is -2.40. The Morgan fingerprint density at radius 3 is 2.51 bits per heavy atom. The molecule has 2 heterocycles. The summed E-state index contributed by atoms with van der Waals surface area (Å²) >= 11 is 1.24. The first-order valence-electron chi connectivity index (χ1n) is 11.0. The molecule has 9 heteroatoms. The molecular formula is C26H26N2O6S. The van der Waals surface area contributed by atoms with E-state index in [1.54, 1.807) is 59.5 Å². The number of rotatable bonds is 7. The third-order valence-electron chi connectivity index (χ3n) is 5.68. The van der Waals surface area contributed by atoms with Crippen LogP contribution < -0.4 is 29.1 Å². The predicted molar refractivity (Wildman–Crippen MR) is 133 cm³/mol. The Balaban J connectivity index is 1.98. The van der Waals surface area contributed by atoms with Gasteiger partial charge in [0, 0.05) is 17.2 Å². The number of hydrogen-bond acceptors (Lipinski definition) is 8. The molecule has 0 N–H and O–H groups in total. The van der Waals surface area contributed by atoms with Crippen molar-refractivity contribution in [2.45, 2.75) is 19.9 Å². The van der Waals surface area contributed by atoms with Crippen LogP contribution in [0, 0.1) is 0 Å². The van der Waals surface area contributed by atoms with Crippen LogP contribution in [0.4, 0.5) is 0 Å². The minimum atomic E-state index is -0.749. The van der Waals surface area contributed by atoms with Crippen LogP contribution >= 0.6 is 11.3 Å². The average molecular weight is 495 g/mol. The van der Waals surface area contributed by atoms with Gasteiger partial charge >= 0.3 is 5.97 Å². The Bertz CT molecular complexity index is 1480. The van der Waals surface area contributed by atoms with Crippen LogP contribution in [0.1, 0.15) is 31.0 Å². The number of ether oxygens (including phenoxy) is 4. The van der Waals surface area contributed by atoms with Crippen LogP contribution in [0.2, 0.25) is 0 Å². The van der Waals surface area contributed by atoms with Gasteiger partial charge in [0.2, 0.25) is 0 Å². The second kappa shape index (κ2) is 10.2. The number of nitrogens with zero attached hydrogens (tertiary/aromatic N) is 2. The van der Waals surface area contributed by atoms with E-state index >= 15 is 0 Å². The van der Waals surface area contributed by atoms with Gasteiger partial charge in [0.1, 0.15) is 23.3 Å². The van der Waals surface area contributed by atoms with Gasteiger partial charge in [-0.2, -0.15) is 0 Å². The van der Waals surface area contributed by atoms with Crippen molar-refractivity contribution in [3.63, 3.8) is 0 Å². The molecule has 1 atom stereocenters. The summed E-state index contributed by atoms with van der Waals surface area (Å²) in [7, 11) is 4.69. The van der Waals surface area contributed by atoms with Crippen molar-refractivity contribution in [2.24, 2.45) is 4.99 Å². The fraction of sp³-hybridized carbons (Fsp3) is 0.269. The third-order valence-corrected chi connectivity index (χ3v) is 6.66. The molecule has 0 spiro atoms. The smallest absolute Gasteiger partial charge is 0.338 e. The molecule has 35 heavy (non-hydrogen) atoms. The van der Waals surface area contributed by atoms with Gasteiger partial charge in [-0.3, -0.25) is 9.36 Å². The molecule has 0 fully saturated rings. The summed E-state index contributed by atoms with van der Waals surface area (Å²) < 4.78 is 23.7. The van der Waals surface area contributed by atoms with Gasteiger partial charge < -0.3 is 18.9 Å². The summed E-state index contributed by atoms with van der Waals surface area (Å²) in [5, 5.41) is 0. The molecule has 0 unspecified atom stereocenters. The molecule has 2 aromatic carbocycles. The zero-order valence-corrected chi connectivity index (χ0v) is 21.0. The Labute approximate surface area is 206 Å². The minimum Gasteiger partial charge on any atom is -0.497 e. The molecule has 0 aliphatic carbocycles. The summed E-state index contributed by atoms with van der Waals surface area (Å²) in [6, 6.07) is 11.9. The van der Waals surface area contributed by atoms with Crippen LogP contribution in [0.3, 0.4) is 0 Å². The molecule has 182 valence electrons. The number of para-hydroxylation sites is 1. The van der Waals surface area contributed by atoms with Gasteiger partial charge in [-0.25, -0.2) is 9.79 Å². The van der Waals surface area contributed by atoms with Crippen molar-refractivity contribution in [3.8, 4) is 17.2 Å². The Kier molecular flexibility index (Phi) is 7.07. The number of carbonyl (C=O) groups excluding carboxylic acids is 1. The number of hydrogen-bond donors (Lipinski definition) is 0. The standard InChI is InChI=1S/C26H26N2O6S/c1-6-34-25(30)22-15(2)27-26-28(23(22)18-9-7-8-10-19(18)32-4)24(29)21(35-26)13-16-11-12-17(31-3)14-20(16)33-5/h7-14,23H,6H2,1-5H3/b21-13-/t23-/m0/s1. The highest BCUT2D eigenvalue weighted by Gasteiger charge is 2.34. The molecule has 8 nitrogen and oxygen atoms in total. The maximum atomic E-state index is 13.8. The quantitative estimate of drug-likeness (QED) is 0.470. The van der Waals surface area contributed by atoms with Crippen molar-refractivity contribution in [1.82, 2.24) is 4.57 Å². The topological polar surface area (TPSA) is 88.4 Å². The van der Waals surface area contributed by atoms with E-state index in [0.717, 1.165) is 0 Å². The fourth-order valence-electron chi connectivity index (χ4n) is 4.06. The molecule has 0 bridgehead atoms. The largest absolute Gasteiger partial charge is 0.497 e. The Hall–Kier alpha value is -3.85. The summed E-state index contributed by atoms with van der Waals surface area (Å²) in [5.74, 6) is 1.25. The summed E-state index contributed by atoms with van der Waals surface area (Å²) in [6.45, 7) is 3.69. The SMILES string of the molecule is CCOC(=O)C1=C(C)N=c2s/c(=C\c3ccc(OC)cc3OC)c(=O)n2[C@H]1c1ccccc1OC. The van der Waals surface area contributed by atoms with E-state index in [2.05, 4.69) is 4.99 Å². The summed E-state index contributed by atoms with van der Waals surface area (Å²) in [4.78, 5) is 31.9. The number of benzene rings is 2. The number of esters is 1. The maximum Gasteiger partial charge on any atom is 0.338 e. The van der Waals surface area contributed by atoms with Gasteiger partial charge in [-0.05, 0) is 38.1 Å². The zero-order chi connectivity index (χ0) is 25.1. The molecule has 0 saturated heterocycles. The highest BCUT2D eigenvalue weighted by Crippen LogP contribution is 2.35. The maximum absolute atomic E-state index is 13.8. The Morgan fingerprint density at radius 1 is 1.09 bits per heavy atom. The normalized spacial score (nSPS) is 15.3. The second-order valence-electron chi connectivity index (χ2n) is 7.65. The molecule has 0 radical (unpaired) electrons. The van der Waals surface area contributed by atoms with Crippen molar-refractivity contribution < 1.29 is 23.7 Å². The molecule has 1 aromatic heterocycles. The van der Waals surface area contributed by atoms with Gasteiger partial charge in [-0.1, -0.05) is 29.5 Å². The predicted octanol–water partition coefficient (Wildman–Crippen LogP) is 2.82. The molecule has 1 aliphatic rings. The third kappa shape index (κ3) is 4.46. The highest BCUT2D eigenvalue weighted by atomic mass is 32.1. The molecule has 1 aliphatic heterocycles. The van der Waals surface area contributed by atoms with Gasteiger partial charge in [0.25, 0.3) is 5.56 Å². The van der Waals surface area contributed by atoms with Crippen LogP contribution in [0.15, 0.2) is 63.5 Å². The van der Waals surface area contributed by atoms with Gasteiger partial charge in [0.15, 0.2) is 4.80 Å². The number of carbonyl (C=O) groups is 1. The average Bonchev–Trinajstić information content (AvgIpc) is 3.17. The zero-order valence-electron chi connectivity index (χ0n) is 20.2. The van der Waals surface area contributed by atoms with E-state index in [4.69, 9.17) is 18.9 Å². The molecule has 3 aromatic rings. The summed E-state index contributed by atoms with van der Waals surface area (Å²) in [6.07, 6.45) is 1.75. The van der Waals surface area contributed by atoms with Crippen molar-refractivity contribution in [1.29, 1.82) is 0 Å². The first kappa shape index (κ1) is 24.3. The van der Waals surface area contributed by atoms with Gasteiger partial charge in [-0.15, -0.1) is 0 Å². The number of aromatic nitrogens is 1. The number of methoxy groups -OCH3 is 3.